The van der Waals surface area contributed by atoms with Crippen LogP contribution in [0.2, 0.25) is 0 Å². The van der Waals surface area contributed by atoms with Gasteiger partial charge in [-0.3, -0.25) is 4.79 Å². The summed E-state index contributed by atoms with van der Waals surface area (Å²) in [6.07, 6.45) is 4.20. The van der Waals surface area contributed by atoms with Crippen molar-refractivity contribution in [2.24, 2.45) is 0 Å². The number of halogens is 4. The highest BCUT2D eigenvalue weighted by Gasteiger charge is 2.34. The number of pyridine rings is 1. The van der Waals surface area contributed by atoms with Gasteiger partial charge >= 0.3 is 6.18 Å². The molecule has 40 heavy (non-hydrogen) atoms. The minimum absolute atomic E-state index is 0.00875. The van der Waals surface area contributed by atoms with Crippen LogP contribution in [0.5, 0.6) is 5.75 Å². The molecule has 0 bridgehead atoms. The quantitative estimate of drug-likeness (QED) is 0.289. The molecule has 1 fully saturated rings. The smallest absolute Gasteiger partial charge is 0.435 e. The van der Waals surface area contributed by atoms with E-state index in [-0.39, 0.29) is 35.8 Å². The van der Waals surface area contributed by atoms with E-state index in [1.54, 1.807) is 0 Å². The second kappa shape index (κ2) is 9.77. The predicted octanol–water partition coefficient (Wildman–Crippen LogP) is 4.13. The molecule has 0 spiro atoms. The number of hydrogen-bond donors (Lipinski definition) is 1. The van der Waals surface area contributed by atoms with Crippen molar-refractivity contribution in [1.82, 2.24) is 39.5 Å². The van der Waals surface area contributed by atoms with Crippen molar-refractivity contribution >= 4 is 11.6 Å². The van der Waals surface area contributed by atoms with Crippen LogP contribution in [0.1, 0.15) is 51.8 Å². The minimum atomic E-state index is -4.67. The number of ether oxygens (including phenoxy) is 1. The first-order chi connectivity index (χ1) is 19.2. The number of nitrogens with zero attached hydrogens (tertiary/aromatic N) is 7. The van der Waals surface area contributed by atoms with Crippen LogP contribution in [0.4, 0.5) is 17.6 Å². The molecule has 10 nitrogen and oxygen atoms in total. The third-order valence-electron chi connectivity index (χ3n) is 6.62. The Labute approximate surface area is 224 Å². The molecule has 0 aliphatic heterocycles. The lowest BCUT2D eigenvalue weighted by Gasteiger charge is -2.14. The summed E-state index contributed by atoms with van der Waals surface area (Å²) in [6.45, 7) is -0.0999. The largest absolute Gasteiger partial charge is 0.494 e. The van der Waals surface area contributed by atoms with E-state index in [0.717, 1.165) is 28.3 Å². The summed E-state index contributed by atoms with van der Waals surface area (Å²) in [5.41, 5.74) is 1.53. The fraction of sp³-hybridized carbons (Fsp3) is 0.269. The number of imidazole rings is 1. The number of fused-ring (bicyclic) bond motifs is 1. The van der Waals surface area contributed by atoms with Crippen LogP contribution < -0.4 is 10.1 Å². The number of methoxy groups -OCH3 is 1. The van der Waals surface area contributed by atoms with Crippen LogP contribution in [0.3, 0.4) is 0 Å². The summed E-state index contributed by atoms with van der Waals surface area (Å²) in [6, 6.07) is 7.45. The van der Waals surface area contributed by atoms with Gasteiger partial charge in [-0.1, -0.05) is 11.3 Å². The summed E-state index contributed by atoms with van der Waals surface area (Å²) < 4.78 is 63.6. The molecule has 1 amide bonds. The molecule has 1 aromatic carbocycles. The molecular formula is C26H22F4N8O2. The Hall–Kier alpha value is -4.75. The van der Waals surface area contributed by atoms with E-state index in [9.17, 15) is 18.0 Å². The average Bonchev–Trinajstić information content (AvgIpc) is 3.29. The lowest BCUT2D eigenvalue weighted by atomic mass is 10.1. The summed E-state index contributed by atoms with van der Waals surface area (Å²) in [5.74, 6) is -1.02. The van der Waals surface area contributed by atoms with Crippen molar-refractivity contribution < 1.29 is 27.1 Å². The molecule has 0 atom stereocenters. The van der Waals surface area contributed by atoms with Gasteiger partial charge in [0.15, 0.2) is 23.0 Å². The van der Waals surface area contributed by atoms with Gasteiger partial charge in [0.25, 0.3) is 5.91 Å². The Bertz CT molecular complexity index is 1720. The minimum Gasteiger partial charge on any atom is -0.494 e. The van der Waals surface area contributed by atoms with Crippen molar-refractivity contribution in [2.75, 3.05) is 7.11 Å². The molecule has 206 valence electrons. The van der Waals surface area contributed by atoms with Crippen LogP contribution in [-0.4, -0.2) is 47.2 Å². The normalized spacial score (nSPS) is 13.6. The molecule has 6 rings (SSSR count). The van der Waals surface area contributed by atoms with Gasteiger partial charge in [0, 0.05) is 30.7 Å². The topological polar surface area (TPSA) is 104 Å². The second-order valence-electron chi connectivity index (χ2n) is 9.44. The SMILES string of the molecule is COc1ccc(-n2ccc(C(F)(F)F)n2)c(CNC(=O)c2cn(Cc3cn4cc(C5CC5)ccc4n3)nn2)c1F. The number of benzene rings is 1. The van der Waals surface area contributed by atoms with Crippen LogP contribution in [0, 0.1) is 5.82 Å². The highest BCUT2D eigenvalue weighted by Crippen LogP contribution is 2.40. The first-order valence-corrected chi connectivity index (χ1v) is 12.3. The van der Waals surface area contributed by atoms with Crippen LogP contribution >= 0.6 is 0 Å². The zero-order valence-corrected chi connectivity index (χ0v) is 21.1. The lowest BCUT2D eigenvalue weighted by molar-refractivity contribution is -0.141. The van der Waals surface area contributed by atoms with Crippen molar-refractivity contribution in [3.63, 3.8) is 0 Å². The average molecular weight is 555 g/mol. The third kappa shape index (κ3) is 4.99. The van der Waals surface area contributed by atoms with Crippen molar-refractivity contribution in [1.29, 1.82) is 0 Å². The zero-order valence-electron chi connectivity index (χ0n) is 21.1. The monoisotopic (exact) mass is 554 g/mol. The number of alkyl halides is 3. The Morgan fingerprint density at radius 3 is 2.67 bits per heavy atom. The van der Waals surface area contributed by atoms with Crippen LogP contribution in [0.15, 0.2) is 55.1 Å². The van der Waals surface area contributed by atoms with Gasteiger partial charge in [0.05, 0.1) is 31.2 Å². The predicted molar refractivity (Wildman–Crippen MR) is 133 cm³/mol. The van der Waals surface area contributed by atoms with Crippen molar-refractivity contribution in [2.45, 2.75) is 38.0 Å². The molecule has 14 heteroatoms. The maximum Gasteiger partial charge on any atom is 0.435 e. The van der Waals surface area contributed by atoms with Gasteiger partial charge in [-0.25, -0.2) is 18.7 Å². The molecule has 0 saturated heterocycles. The maximum atomic E-state index is 15.1. The van der Waals surface area contributed by atoms with Crippen molar-refractivity contribution in [3.8, 4) is 11.4 Å². The molecule has 0 radical (unpaired) electrons. The first-order valence-electron chi connectivity index (χ1n) is 12.3. The number of carbonyl (C=O) groups is 1. The lowest BCUT2D eigenvalue weighted by Crippen LogP contribution is -2.25. The molecular weight excluding hydrogens is 532 g/mol. The molecule has 4 aromatic heterocycles. The van der Waals surface area contributed by atoms with Crippen LogP contribution in [-0.2, 0) is 19.3 Å². The fourth-order valence-electron chi connectivity index (χ4n) is 4.44. The maximum absolute atomic E-state index is 15.1. The number of rotatable bonds is 8. The molecule has 1 N–H and O–H groups in total. The van der Waals surface area contributed by atoms with Gasteiger partial charge in [-0.15, -0.1) is 5.10 Å². The number of hydrogen-bond acceptors (Lipinski definition) is 6. The Balaban J connectivity index is 1.17. The molecule has 5 aromatic rings. The number of aromatic nitrogens is 7. The Morgan fingerprint density at radius 1 is 1.12 bits per heavy atom. The van der Waals surface area contributed by atoms with E-state index in [1.807, 2.05) is 16.7 Å². The number of amides is 1. The highest BCUT2D eigenvalue weighted by molar-refractivity contribution is 5.91. The van der Waals surface area contributed by atoms with Crippen molar-refractivity contribution in [3.05, 3.63) is 89.1 Å². The van der Waals surface area contributed by atoms with E-state index in [2.05, 4.69) is 38.0 Å². The van der Waals surface area contributed by atoms with E-state index < -0.39 is 23.6 Å². The molecule has 1 saturated carbocycles. The summed E-state index contributed by atoms with van der Waals surface area (Å²) in [4.78, 5) is 17.4. The summed E-state index contributed by atoms with van der Waals surface area (Å²) in [5, 5.41) is 13.9. The Kier molecular flexibility index (Phi) is 6.24. The van der Waals surface area contributed by atoms with E-state index >= 15 is 4.39 Å². The van der Waals surface area contributed by atoms with Gasteiger partial charge in [0.1, 0.15) is 5.65 Å². The van der Waals surface area contributed by atoms with E-state index in [1.165, 1.54) is 48.5 Å². The van der Waals surface area contributed by atoms with Gasteiger partial charge in [0.2, 0.25) is 0 Å². The third-order valence-corrected chi connectivity index (χ3v) is 6.62. The van der Waals surface area contributed by atoms with E-state index in [0.29, 0.717) is 5.92 Å². The fourth-order valence-corrected chi connectivity index (χ4v) is 4.44. The van der Waals surface area contributed by atoms with Gasteiger partial charge < -0.3 is 14.5 Å². The van der Waals surface area contributed by atoms with Gasteiger partial charge in [-0.2, -0.15) is 18.3 Å². The highest BCUT2D eigenvalue weighted by atomic mass is 19.4. The summed E-state index contributed by atoms with van der Waals surface area (Å²) in [7, 11) is 1.25. The number of nitrogens with one attached hydrogen (secondary N) is 1. The molecule has 0 unspecified atom stereocenters. The molecule has 1 aliphatic rings. The molecule has 4 heterocycles. The summed E-state index contributed by atoms with van der Waals surface area (Å²) >= 11 is 0. The van der Waals surface area contributed by atoms with E-state index in [4.69, 9.17) is 4.74 Å². The first kappa shape index (κ1) is 25.5. The van der Waals surface area contributed by atoms with Crippen LogP contribution in [0.25, 0.3) is 11.3 Å². The van der Waals surface area contributed by atoms with Gasteiger partial charge in [-0.05, 0) is 48.6 Å². The molecule has 1 aliphatic carbocycles. The standard InChI is InChI=1S/C26H22F4N8O2/c1-40-21-6-5-20(38-9-8-22(34-38)26(28,29)30)18(24(21)27)10-31-25(39)19-14-37(35-33-19)13-17-12-36-11-16(15-2-3-15)4-7-23(36)32-17/h4-9,11-12,14-15H,2-3,10,13H2,1H3,(H,31,39). The zero-order chi connectivity index (χ0) is 28.0. The Morgan fingerprint density at radius 2 is 1.95 bits per heavy atom. The second-order valence-corrected chi connectivity index (χ2v) is 9.44. The number of carbonyl (C=O) groups excluding carboxylic acids is 1.